The normalized spacial score (nSPS) is 34.8. The zero-order chi connectivity index (χ0) is 16.7. The van der Waals surface area contributed by atoms with Gasteiger partial charge in [-0.25, -0.2) is 4.79 Å². The third kappa shape index (κ3) is 2.90. The first-order chi connectivity index (χ1) is 10.9. The van der Waals surface area contributed by atoms with Gasteiger partial charge < -0.3 is 24.7 Å². The van der Waals surface area contributed by atoms with E-state index < -0.39 is 35.8 Å². The van der Waals surface area contributed by atoms with E-state index in [9.17, 15) is 4.79 Å². The lowest BCUT2D eigenvalue weighted by Gasteiger charge is -2.31. The summed E-state index contributed by atoms with van der Waals surface area (Å²) in [5.41, 5.74) is 5.88. The van der Waals surface area contributed by atoms with Crippen molar-refractivity contribution in [2.75, 3.05) is 6.61 Å². The molecule has 2 aliphatic heterocycles. The van der Waals surface area contributed by atoms with Gasteiger partial charge in [-0.05, 0) is 26.0 Å². The molecule has 1 aromatic carbocycles. The molecular weight excluding hydrogens is 298 g/mol. The number of hydrogen-bond acceptors (Lipinski definition) is 6. The molecule has 1 aromatic rings. The Morgan fingerprint density at radius 3 is 2.70 bits per heavy atom. The Bertz CT molecular complexity index is 602. The zero-order valence-electron chi connectivity index (χ0n) is 13.2. The molecule has 3 rings (SSSR count). The van der Waals surface area contributed by atoms with Crippen LogP contribution in [-0.4, -0.2) is 42.4 Å². The molecule has 0 unspecified atom stereocenters. The monoisotopic (exact) mass is 319 g/mol. The van der Waals surface area contributed by atoms with Crippen LogP contribution in [0.25, 0.3) is 0 Å². The van der Waals surface area contributed by atoms with Crippen molar-refractivity contribution in [2.24, 2.45) is 5.73 Å². The minimum Gasteiger partial charge on any atom is -0.459 e. The van der Waals surface area contributed by atoms with Gasteiger partial charge in [0.25, 0.3) is 0 Å². The summed E-state index contributed by atoms with van der Waals surface area (Å²) in [4.78, 5) is 12.0. The zero-order valence-corrected chi connectivity index (χ0v) is 13.2. The number of fused-ring (bicyclic) bond motifs is 1. The molecule has 0 saturated carbocycles. The highest BCUT2D eigenvalue weighted by Crippen LogP contribution is 2.42. The van der Waals surface area contributed by atoms with Crippen LogP contribution in [-0.2, 0) is 18.9 Å². The van der Waals surface area contributed by atoms with E-state index in [-0.39, 0.29) is 6.61 Å². The second kappa shape index (κ2) is 5.72. The van der Waals surface area contributed by atoms with Crippen molar-refractivity contribution in [3.8, 4) is 0 Å². The van der Waals surface area contributed by atoms with Crippen molar-refractivity contribution in [3.63, 3.8) is 0 Å². The lowest BCUT2D eigenvalue weighted by atomic mass is 9.90. The number of hydrogen-bond donors (Lipinski definition) is 1. The van der Waals surface area contributed by atoms with Gasteiger partial charge in [-0.1, -0.05) is 24.3 Å². The van der Waals surface area contributed by atoms with Gasteiger partial charge in [0, 0.05) is 0 Å². The van der Waals surface area contributed by atoms with Gasteiger partial charge in [0.1, 0.15) is 18.8 Å². The molecule has 0 aromatic heterocycles. The SMILES string of the molecule is C=C[C@]1(N)[C@@H](COC(=O)c2ccccc2)O[C@@H]2OC(C)(C)O[C@@H]21. The van der Waals surface area contributed by atoms with Crippen LogP contribution in [0.3, 0.4) is 0 Å². The van der Waals surface area contributed by atoms with Gasteiger partial charge in [0.15, 0.2) is 12.1 Å². The Morgan fingerprint density at radius 2 is 2.04 bits per heavy atom. The van der Waals surface area contributed by atoms with E-state index in [2.05, 4.69) is 6.58 Å². The van der Waals surface area contributed by atoms with E-state index in [1.54, 1.807) is 44.2 Å². The number of rotatable bonds is 4. The highest BCUT2D eigenvalue weighted by Gasteiger charge is 2.60. The van der Waals surface area contributed by atoms with Gasteiger partial charge in [0.05, 0.1) is 11.1 Å². The van der Waals surface area contributed by atoms with Gasteiger partial charge in [-0.2, -0.15) is 0 Å². The van der Waals surface area contributed by atoms with Crippen LogP contribution in [0.5, 0.6) is 0 Å². The lowest BCUT2D eigenvalue weighted by molar-refractivity contribution is -0.213. The molecule has 4 atom stereocenters. The highest BCUT2D eigenvalue weighted by molar-refractivity contribution is 5.89. The maximum atomic E-state index is 12.0. The molecule has 6 heteroatoms. The van der Waals surface area contributed by atoms with Crippen LogP contribution < -0.4 is 5.73 Å². The second-order valence-electron chi connectivity index (χ2n) is 6.22. The largest absolute Gasteiger partial charge is 0.459 e. The van der Waals surface area contributed by atoms with Crippen LogP contribution in [0.2, 0.25) is 0 Å². The minimum atomic E-state index is -0.991. The van der Waals surface area contributed by atoms with Gasteiger partial charge >= 0.3 is 5.97 Å². The number of carbonyl (C=O) groups is 1. The van der Waals surface area contributed by atoms with Gasteiger partial charge in [-0.3, -0.25) is 0 Å². The van der Waals surface area contributed by atoms with E-state index in [0.717, 1.165) is 0 Å². The first kappa shape index (κ1) is 16.1. The van der Waals surface area contributed by atoms with Crippen molar-refractivity contribution >= 4 is 5.97 Å². The van der Waals surface area contributed by atoms with Gasteiger partial charge in [0.2, 0.25) is 0 Å². The van der Waals surface area contributed by atoms with Crippen molar-refractivity contribution in [1.82, 2.24) is 0 Å². The van der Waals surface area contributed by atoms with Gasteiger partial charge in [-0.15, -0.1) is 6.58 Å². The second-order valence-corrected chi connectivity index (χ2v) is 6.22. The maximum absolute atomic E-state index is 12.0. The summed E-state index contributed by atoms with van der Waals surface area (Å²) in [6.07, 6.45) is -0.105. The van der Waals surface area contributed by atoms with Crippen molar-refractivity contribution in [2.45, 2.75) is 43.7 Å². The lowest BCUT2D eigenvalue weighted by Crippen LogP contribution is -2.56. The number of esters is 1. The van der Waals surface area contributed by atoms with Crippen molar-refractivity contribution < 1.29 is 23.7 Å². The first-order valence-electron chi connectivity index (χ1n) is 7.51. The number of ether oxygens (including phenoxy) is 4. The van der Waals surface area contributed by atoms with Crippen LogP contribution in [0.4, 0.5) is 0 Å². The van der Waals surface area contributed by atoms with E-state index in [1.165, 1.54) is 0 Å². The Balaban J connectivity index is 1.67. The molecule has 0 spiro atoms. The molecule has 0 radical (unpaired) electrons. The summed E-state index contributed by atoms with van der Waals surface area (Å²) >= 11 is 0. The predicted molar refractivity (Wildman–Crippen MR) is 82.5 cm³/mol. The van der Waals surface area contributed by atoms with Crippen LogP contribution in [0, 0.1) is 0 Å². The quantitative estimate of drug-likeness (QED) is 0.671. The average Bonchev–Trinajstić information content (AvgIpc) is 2.97. The molecular formula is C17H21NO5. The smallest absolute Gasteiger partial charge is 0.338 e. The molecule has 23 heavy (non-hydrogen) atoms. The molecule has 0 amide bonds. The van der Waals surface area contributed by atoms with Crippen molar-refractivity contribution in [3.05, 3.63) is 48.6 Å². The van der Waals surface area contributed by atoms with E-state index in [1.807, 2.05) is 6.07 Å². The molecule has 2 aliphatic rings. The summed E-state index contributed by atoms with van der Waals surface area (Å²) in [7, 11) is 0. The molecule has 2 N–H and O–H groups in total. The fourth-order valence-corrected chi connectivity index (χ4v) is 2.87. The molecule has 2 heterocycles. The Labute approximate surface area is 135 Å². The molecule has 2 fully saturated rings. The summed E-state index contributed by atoms with van der Waals surface area (Å²) in [6.45, 7) is 7.36. The number of benzene rings is 1. The first-order valence-corrected chi connectivity index (χ1v) is 7.51. The molecule has 124 valence electrons. The predicted octanol–water partition coefficient (Wildman–Crippen LogP) is 1.60. The highest BCUT2D eigenvalue weighted by atomic mass is 16.8. The average molecular weight is 319 g/mol. The fraction of sp³-hybridized carbons (Fsp3) is 0.471. The Morgan fingerprint density at radius 1 is 1.35 bits per heavy atom. The van der Waals surface area contributed by atoms with Crippen LogP contribution in [0.1, 0.15) is 24.2 Å². The third-order valence-electron chi connectivity index (χ3n) is 4.14. The minimum absolute atomic E-state index is 0.00358. The number of carbonyl (C=O) groups excluding carboxylic acids is 1. The van der Waals surface area contributed by atoms with E-state index >= 15 is 0 Å². The third-order valence-corrected chi connectivity index (χ3v) is 4.14. The van der Waals surface area contributed by atoms with E-state index in [0.29, 0.717) is 5.56 Å². The van der Waals surface area contributed by atoms with E-state index in [4.69, 9.17) is 24.7 Å². The Kier molecular flexibility index (Phi) is 4.01. The van der Waals surface area contributed by atoms with Crippen molar-refractivity contribution in [1.29, 1.82) is 0 Å². The standard InChI is InChI=1S/C17H21NO5/c1-4-17(18)12(21-15-13(17)22-16(2,3)23-15)10-20-14(19)11-8-6-5-7-9-11/h4-9,12-13,15H,1,10,18H2,2-3H3/t12-,13+,15-,17+/m1/s1. The molecule has 2 saturated heterocycles. The summed E-state index contributed by atoms with van der Waals surface area (Å²) in [5, 5.41) is 0. The topological polar surface area (TPSA) is 80.0 Å². The summed E-state index contributed by atoms with van der Waals surface area (Å²) in [5.74, 6) is -1.20. The maximum Gasteiger partial charge on any atom is 0.338 e. The summed E-state index contributed by atoms with van der Waals surface area (Å²) < 4.78 is 22.6. The molecule has 6 nitrogen and oxygen atoms in total. The van der Waals surface area contributed by atoms with Crippen LogP contribution in [0.15, 0.2) is 43.0 Å². The molecule has 0 bridgehead atoms. The Hall–Kier alpha value is -1.73. The molecule has 0 aliphatic carbocycles. The number of nitrogens with two attached hydrogens (primary N) is 1. The van der Waals surface area contributed by atoms with Crippen LogP contribution >= 0.6 is 0 Å². The summed E-state index contributed by atoms with van der Waals surface area (Å²) in [6, 6.07) is 8.74. The fourth-order valence-electron chi connectivity index (χ4n) is 2.87.